The van der Waals surface area contributed by atoms with Gasteiger partial charge in [0.1, 0.15) is 23.0 Å². The van der Waals surface area contributed by atoms with Crippen LogP contribution in [0.3, 0.4) is 0 Å². The SMILES string of the molecule is OC(O)c1cnc(N2C3CCC2CC(OCc2c(-c4ccccc4OC(F)(F)F)noc2C2CC2)C3)cc1C(F)(F)F. The van der Waals surface area contributed by atoms with Gasteiger partial charge in [0.05, 0.1) is 18.3 Å². The number of aliphatic hydroxyl groups is 2. The van der Waals surface area contributed by atoms with Crippen LogP contribution in [0, 0.1) is 0 Å². The molecule has 3 aliphatic rings. The largest absolute Gasteiger partial charge is 0.573 e. The van der Waals surface area contributed by atoms with Gasteiger partial charge in [0, 0.05) is 40.9 Å². The van der Waals surface area contributed by atoms with Crippen LogP contribution >= 0.6 is 0 Å². The quantitative estimate of drug-likeness (QED) is 0.232. The van der Waals surface area contributed by atoms with Crippen molar-refractivity contribution in [2.75, 3.05) is 4.90 Å². The van der Waals surface area contributed by atoms with Gasteiger partial charge < -0.3 is 29.1 Å². The predicted molar refractivity (Wildman–Crippen MR) is 134 cm³/mol. The number of anilines is 1. The van der Waals surface area contributed by atoms with Crippen molar-refractivity contribution in [3.05, 3.63) is 59.0 Å². The lowest BCUT2D eigenvalue weighted by atomic mass is 9.98. The number of pyridine rings is 1. The highest BCUT2D eigenvalue weighted by Crippen LogP contribution is 2.47. The predicted octanol–water partition coefficient (Wildman–Crippen LogP) is 6.23. The molecule has 4 heterocycles. The molecule has 3 fully saturated rings. The molecule has 2 aromatic heterocycles. The maximum atomic E-state index is 13.7. The Morgan fingerprint density at radius 1 is 1.00 bits per heavy atom. The summed E-state index contributed by atoms with van der Waals surface area (Å²) in [6.45, 7) is 0.0364. The van der Waals surface area contributed by atoms with Gasteiger partial charge >= 0.3 is 12.5 Å². The molecule has 2 unspecified atom stereocenters. The van der Waals surface area contributed by atoms with Crippen LogP contribution in [-0.4, -0.2) is 44.9 Å². The Morgan fingerprint density at radius 3 is 2.31 bits per heavy atom. The lowest BCUT2D eigenvalue weighted by Gasteiger charge is -2.40. The van der Waals surface area contributed by atoms with Crippen molar-refractivity contribution in [2.45, 2.75) is 88.1 Å². The molecule has 2 saturated heterocycles. The highest BCUT2D eigenvalue weighted by molar-refractivity contribution is 5.70. The number of ether oxygens (including phenoxy) is 2. The molecule has 2 atom stereocenters. The van der Waals surface area contributed by atoms with Crippen molar-refractivity contribution < 1.29 is 50.6 Å². The zero-order valence-corrected chi connectivity index (χ0v) is 22.0. The first-order valence-corrected chi connectivity index (χ1v) is 13.6. The molecule has 8 nitrogen and oxygen atoms in total. The van der Waals surface area contributed by atoms with Crippen molar-refractivity contribution in [2.24, 2.45) is 0 Å². The molecule has 2 bridgehead atoms. The molecule has 0 amide bonds. The number of para-hydroxylation sites is 1. The fraction of sp³-hybridized carbons (Fsp3) is 0.500. The molecule has 2 N–H and O–H groups in total. The van der Waals surface area contributed by atoms with E-state index in [4.69, 9.17) is 9.26 Å². The molecule has 0 radical (unpaired) electrons. The van der Waals surface area contributed by atoms with Gasteiger partial charge in [-0.05, 0) is 56.7 Å². The smallest absolute Gasteiger partial charge is 0.405 e. The number of halogens is 6. The Morgan fingerprint density at radius 2 is 1.69 bits per heavy atom. The Labute approximate surface area is 235 Å². The molecule has 14 heteroatoms. The molecule has 2 aliphatic heterocycles. The van der Waals surface area contributed by atoms with E-state index in [0.717, 1.165) is 25.1 Å². The summed E-state index contributed by atoms with van der Waals surface area (Å²) >= 11 is 0. The summed E-state index contributed by atoms with van der Waals surface area (Å²) in [5, 5.41) is 22.9. The maximum Gasteiger partial charge on any atom is 0.573 e. The van der Waals surface area contributed by atoms with Crippen LogP contribution in [-0.2, 0) is 17.5 Å². The molecule has 42 heavy (non-hydrogen) atoms. The summed E-state index contributed by atoms with van der Waals surface area (Å²) in [6.07, 6.45) is -7.27. The fourth-order valence-corrected chi connectivity index (χ4v) is 6.10. The van der Waals surface area contributed by atoms with Crippen LogP contribution in [0.5, 0.6) is 5.75 Å². The first-order chi connectivity index (χ1) is 19.9. The minimum atomic E-state index is -4.89. The minimum absolute atomic E-state index is 0.0364. The van der Waals surface area contributed by atoms with Crippen molar-refractivity contribution in [3.8, 4) is 17.0 Å². The second kappa shape index (κ2) is 10.7. The van der Waals surface area contributed by atoms with Crippen molar-refractivity contribution in [3.63, 3.8) is 0 Å². The topological polar surface area (TPSA) is 101 Å². The van der Waals surface area contributed by atoms with E-state index in [1.807, 2.05) is 4.90 Å². The molecule has 1 saturated carbocycles. The monoisotopic (exact) mass is 599 g/mol. The van der Waals surface area contributed by atoms with Crippen LogP contribution in [0.25, 0.3) is 11.3 Å². The van der Waals surface area contributed by atoms with E-state index in [1.54, 1.807) is 6.07 Å². The van der Waals surface area contributed by atoms with Gasteiger partial charge in [-0.15, -0.1) is 13.2 Å². The van der Waals surface area contributed by atoms with Gasteiger partial charge in [-0.2, -0.15) is 13.2 Å². The lowest BCUT2D eigenvalue weighted by Crippen LogP contribution is -2.46. The number of piperidine rings is 1. The Kier molecular flexibility index (Phi) is 7.34. The highest BCUT2D eigenvalue weighted by atomic mass is 19.4. The third kappa shape index (κ3) is 5.79. The summed E-state index contributed by atoms with van der Waals surface area (Å²) in [6, 6.07) is 6.23. The molecule has 6 rings (SSSR count). The van der Waals surface area contributed by atoms with Crippen LogP contribution in [0.1, 0.15) is 73.2 Å². The van der Waals surface area contributed by atoms with E-state index in [-0.39, 0.29) is 47.8 Å². The number of fused-ring (bicyclic) bond motifs is 2. The Bertz CT molecular complexity index is 1420. The maximum absolute atomic E-state index is 13.7. The van der Waals surface area contributed by atoms with Gasteiger partial charge in [-0.1, -0.05) is 17.3 Å². The molecule has 3 aromatic rings. The van der Waals surface area contributed by atoms with Crippen LogP contribution in [0.4, 0.5) is 32.2 Å². The van der Waals surface area contributed by atoms with E-state index in [2.05, 4.69) is 14.9 Å². The number of aliphatic hydroxyl groups excluding tert-OH is 1. The minimum Gasteiger partial charge on any atom is -0.405 e. The number of hydrogen-bond donors (Lipinski definition) is 2. The van der Waals surface area contributed by atoms with Gasteiger partial charge in [-0.25, -0.2) is 4.98 Å². The van der Waals surface area contributed by atoms with Crippen molar-refractivity contribution >= 4 is 5.82 Å². The summed E-state index contributed by atoms with van der Waals surface area (Å²) in [5.41, 5.74) is -0.966. The highest BCUT2D eigenvalue weighted by Gasteiger charge is 2.44. The summed E-state index contributed by atoms with van der Waals surface area (Å²) in [7, 11) is 0. The van der Waals surface area contributed by atoms with E-state index in [0.29, 0.717) is 37.0 Å². The standard InChI is InChI=1S/C28H27F6N3O5/c29-27(30,31)21-11-23(35-12-19(21)26(38)39)37-15-7-8-16(37)10-17(9-15)40-13-20-24(36-42-25(20)14-5-6-14)18-3-1-2-4-22(18)41-28(32,33)34/h1-4,11-12,14-17,26,38-39H,5-10,13H2. The number of alkyl halides is 6. The van der Waals surface area contributed by atoms with Crippen LogP contribution in [0.15, 0.2) is 41.1 Å². The van der Waals surface area contributed by atoms with Gasteiger partial charge in [0.15, 0.2) is 6.29 Å². The molecule has 1 aromatic carbocycles. The Balaban J connectivity index is 1.21. The summed E-state index contributed by atoms with van der Waals surface area (Å²) in [5.74, 6) is 0.380. The second-order valence-corrected chi connectivity index (χ2v) is 10.9. The number of nitrogens with zero attached hydrogens (tertiary/aromatic N) is 3. The second-order valence-electron chi connectivity index (χ2n) is 10.9. The van der Waals surface area contributed by atoms with Gasteiger partial charge in [0.25, 0.3) is 0 Å². The Hall–Kier alpha value is -3.36. The van der Waals surface area contributed by atoms with E-state index in [1.165, 1.54) is 18.2 Å². The molecule has 1 aliphatic carbocycles. The first-order valence-electron chi connectivity index (χ1n) is 13.6. The van der Waals surface area contributed by atoms with Crippen molar-refractivity contribution in [1.82, 2.24) is 10.1 Å². The van der Waals surface area contributed by atoms with Crippen LogP contribution in [0.2, 0.25) is 0 Å². The normalized spacial score (nSPS) is 22.7. The first kappa shape index (κ1) is 28.7. The number of hydrogen-bond acceptors (Lipinski definition) is 8. The zero-order chi connectivity index (χ0) is 29.8. The van der Waals surface area contributed by atoms with E-state index < -0.39 is 35.7 Å². The van der Waals surface area contributed by atoms with E-state index in [9.17, 15) is 36.6 Å². The number of benzene rings is 1. The van der Waals surface area contributed by atoms with Crippen molar-refractivity contribution in [1.29, 1.82) is 0 Å². The molecule has 0 spiro atoms. The number of rotatable bonds is 8. The zero-order valence-electron chi connectivity index (χ0n) is 22.0. The lowest BCUT2D eigenvalue weighted by molar-refractivity contribution is -0.274. The average molecular weight is 600 g/mol. The number of aromatic nitrogens is 2. The third-order valence-electron chi connectivity index (χ3n) is 8.06. The average Bonchev–Trinajstić information content (AvgIpc) is 3.62. The van der Waals surface area contributed by atoms with Gasteiger partial charge in [-0.3, -0.25) is 0 Å². The molecular weight excluding hydrogens is 572 g/mol. The third-order valence-corrected chi connectivity index (χ3v) is 8.06. The van der Waals surface area contributed by atoms with E-state index >= 15 is 0 Å². The van der Waals surface area contributed by atoms with Crippen LogP contribution < -0.4 is 9.64 Å². The fourth-order valence-electron chi connectivity index (χ4n) is 6.10. The summed E-state index contributed by atoms with van der Waals surface area (Å²) in [4.78, 5) is 5.96. The van der Waals surface area contributed by atoms with Gasteiger partial charge in [0.2, 0.25) is 0 Å². The summed E-state index contributed by atoms with van der Waals surface area (Å²) < 4.78 is 96.2. The molecular formula is C28H27F6N3O5. The molecule has 226 valence electrons.